The molecule has 0 fully saturated rings. The van der Waals surface area contributed by atoms with E-state index in [1.54, 1.807) is 36.4 Å². The number of halogens is 4. The van der Waals surface area contributed by atoms with Crippen molar-refractivity contribution in [2.75, 3.05) is 0 Å². The predicted molar refractivity (Wildman–Crippen MR) is 83.0 cm³/mol. The molecule has 2 aromatic carbocycles. The Morgan fingerprint density at radius 1 is 1.08 bits per heavy atom. The Bertz CT molecular complexity index is 826. The van der Waals surface area contributed by atoms with Crippen LogP contribution in [0.1, 0.15) is 5.56 Å². The Morgan fingerprint density at radius 3 is 2.29 bits per heavy atom. The lowest BCUT2D eigenvalue weighted by Gasteiger charge is -2.27. The molecule has 24 heavy (non-hydrogen) atoms. The fourth-order valence-corrected chi connectivity index (χ4v) is 2.57. The minimum atomic E-state index is -4.81. The molecule has 0 aromatic heterocycles. The molecule has 3 nitrogen and oxygen atoms in total. The van der Waals surface area contributed by atoms with E-state index < -0.39 is 23.8 Å². The predicted octanol–water partition coefficient (Wildman–Crippen LogP) is 4.80. The van der Waals surface area contributed by atoms with Gasteiger partial charge in [0.25, 0.3) is 0 Å². The second-order valence-electron chi connectivity index (χ2n) is 5.20. The summed E-state index contributed by atoms with van der Waals surface area (Å²) in [5.74, 6) is -1.68. The molecular formula is C17H10ClF3O3. The third kappa shape index (κ3) is 3.10. The van der Waals surface area contributed by atoms with Crippen molar-refractivity contribution in [2.45, 2.75) is 12.3 Å². The van der Waals surface area contributed by atoms with Crippen molar-refractivity contribution < 1.29 is 27.8 Å². The van der Waals surface area contributed by atoms with Crippen molar-refractivity contribution >= 4 is 23.6 Å². The molecule has 0 saturated carbocycles. The second kappa shape index (κ2) is 5.87. The van der Waals surface area contributed by atoms with Crippen LogP contribution in [0.25, 0.3) is 17.2 Å². The minimum Gasteiger partial charge on any atom is -0.478 e. The highest BCUT2D eigenvalue weighted by Crippen LogP contribution is 2.38. The molecule has 0 amide bonds. The van der Waals surface area contributed by atoms with E-state index in [4.69, 9.17) is 21.4 Å². The fraction of sp³-hybridized carbons (Fsp3) is 0.118. The highest BCUT2D eigenvalue weighted by atomic mass is 35.5. The van der Waals surface area contributed by atoms with Crippen molar-refractivity contribution in [1.29, 1.82) is 0 Å². The van der Waals surface area contributed by atoms with Gasteiger partial charge < -0.3 is 9.84 Å². The molecular weight excluding hydrogens is 345 g/mol. The van der Waals surface area contributed by atoms with Gasteiger partial charge in [-0.2, -0.15) is 13.2 Å². The zero-order valence-corrected chi connectivity index (χ0v) is 12.7. The molecule has 1 N–H and O–H groups in total. The van der Waals surface area contributed by atoms with E-state index in [-0.39, 0.29) is 11.3 Å². The summed E-state index contributed by atoms with van der Waals surface area (Å²) in [5.41, 5.74) is 0.939. The number of carboxylic acid groups (broad SMARTS) is 1. The number of benzene rings is 2. The average molecular weight is 355 g/mol. The number of aliphatic carboxylic acids is 1. The van der Waals surface area contributed by atoms with Crippen LogP contribution in [0.4, 0.5) is 13.2 Å². The van der Waals surface area contributed by atoms with E-state index in [0.29, 0.717) is 10.6 Å². The van der Waals surface area contributed by atoms with E-state index >= 15 is 0 Å². The van der Waals surface area contributed by atoms with Crippen LogP contribution in [0, 0.1) is 0 Å². The summed E-state index contributed by atoms with van der Waals surface area (Å²) in [4.78, 5) is 11.2. The fourth-order valence-electron chi connectivity index (χ4n) is 2.44. The molecule has 1 aliphatic heterocycles. The topological polar surface area (TPSA) is 46.5 Å². The summed E-state index contributed by atoms with van der Waals surface area (Å²) in [6, 6.07) is 11.5. The number of fused-ring (bicyclic) bond motifs is 1. The van der Waals surface area contributed by atoms with E-state index in [0.717, 1.165) is 11.6 Å². The Hall–Kier alpha value is -2.47. The zero-order valence-electron chi connectivity index (χ0n) is 12.0. The lowest BCUT2D eigenvalue weighted by molar-refractivity contribution is -0.187. The van der Waals surface area contributed by atoms with Crippen molar-refractivity contribution in [2.24, 2.45) is 0 Å². The first-order chi connectivity index (χ1) is 11.3. The molecule has 0 spiro atoms. The van der Waals surface area contributed by atoms with E-state index in [9.17, 15) is 18.0 Å². The molecule has 0 radical (unpaired) electrons. The van der Waals surface area contributed by atoms with Crippen LogP contribution in [0.5, 0.6) is 5.75 Å². The van der Waals surface area contributed by atoms with E-state index in [1.165, 1.54) is 6.07 Å². The Labute approximate surface area is 139 Å². The highest BCUT2D eigenvalue weighted by molar-refractivity contribution is 6.30. The molecule has 0 aliphatic carbocycles. The molecule has 7 heteroatoms. The molecule has 1 atom stereocenters. The molecule has 124 valence electrons. The van der Waals surface area contributed by atoms with Crippen LogP contribution >= 0.6 is 11.6 Å². The van der Waals surface area contributed by atoms with Gasteiger partial charge in [-0.05, 0) is 41.5 Å². The molecule has 0 saturated heterocycles. The van der Waals surface area contributed by atoms with E-state index in [1.807, 2.05) is 0 Å². The summed E-state index contributed by atoms with van der Waals surface area (Å²) < 4.78 is 43.8. The third-order valence-electron chi connectivity index (χ3n) is 3.57. The smallest absolute Gasteiger partial charge is 0.430 e. The lowest BCUT2D eigenvalue weighted by Crippen LogP contribution is -2.40. The van der Waals surface area contributed by atoms with Gasteiger partial charge in [0, 0.05) is 10.6 Å². The van der Waals surface area contributed by atoms with Gasteiger partial charge in [-0.1, -0.05) is 29.8 Å². The van der Waals surface area contributed by atoms with Crippen LogP contribution in [0.15, 0.2) is 48.0 Å². The second-order valence-corrected chi connectivity index (χ2v) is 5.64. The maximum absolute atomic E-state index is 13.0. The summed E-state index contributed by atoms with van der Waals surface area (Å²) in [6.45, 7) is 0. The van der Waals surface area contributed by atoms with Gasteiger partial charge in [0.15, 0.2) is 0 Å². The number of carboxylic acids is 1. The normalized spacial score (nSPS) is 16.8. The van der Waals surface area contributed by atoms with Crippen LogP contribution in [0.2, 0.25) is 5.02 Å². The molecule has 0 bridgehead atoms. The molecule has 1 heterocycles. The number of ether oxygens (including phenoxy) is 1. The van der Waals surface area contributed by atoms with E-state index in [2.05, 4.69) is 0 Å². The standard InChI is InChI=1S/C17H10ClF3O3/c18-12-4-1-9(2-5-12)10-3-6-14-11(7-10)8-13(16(22)23)15(24-14)17(19,20)21/h1-8,15H,(H,22,23). The largest absolute Gasteiger partial charge is 0.478 e. The third-order valence-corrected chi connectivity index (χ3v) is 3.82. The highest BCUT2D eigenvalue weighted by Gasteiger charge is 2.48. The van der Waals surface area contributed by atoms with Gasteiger partial charge in [-0.15, -0.1) is 0 Å². The lowest BCUT2D eigenvalue weighted by atomic mass is 9.97. The quantitative estimate of drug-likeness (QED) is 0.842. The minimum absolute atomic E-state index is 0.0139. The monoisotopic (exact) mass is 354 g/mol. The molecule has 3 rings (SSSR count). The Balaban J connectivity index is 2.06. The maximum Gasteiger partial charge on any atom is 0.430 e. The van der Waals surface area contributed by atoms with Gasteiger partial charge in [-0.25, -0.2) is 4.79 Å². The molecule has 1 aliphatic rings. The van der Waals surface area contributed by atoms with Crippen LogP contribution < -0.4 is 4.74 Å². The van der Waals surface area contributed by atoms with Gasteiger partial charge in [0.1, 0.15) is 5.75 Å². The number of rotatable bonds is 2. The van der Waals surface area contributed by atoms with Crippen LogP contribution in [-0.2, 0) is 4.79 Å². The summed E-state index contributed by atoms with van der Waals surface area (Å²) >= 11 is 5.83. The van der Waals surface area contributed by atoms with Crippen LogP contribution in [0.3, 0.4) is 0 Å². The van der Waals surface area contributed by atoms with Crippen molar-refractivity contribution in [3.05, 3.63) is 58.6 Å². The van der Waals surface area contributed by atoms with Gasteiger partial charge in [-0.3, -0.25) is 0 Å². The average Bonchev–Trinajstić information content (AvgIpc) is 2.53. The SMILES string of the molecule is O=C(O)C1=Cc2cc(-c3ccc(Cl)cc3)ccc2OC1C(F)(F)F. The summed E-state index contributed by atoms with van der Waals surface area (Å²) in [6.07, 6.45) is -6.29. The zero-order chi connectivity index (χ0) is 17.5. The maximum atomic E-state index is 13.0. The first-order valence-corrected chi connectivity index (χ1v) is 7.22. The summed E-state index contributed by atoms with van der Waals surface area (Å²) in [5, 5.41) is 9.61. The summed E-state index contributed by atoms with van der Waals surface area (Å²) in [7, 11) is 0. The van der Waals surface area contributed by atoms with Gasteiger partial charge in [0.2, 0.25) is 6.10 Å². The molecule has 1 unspecified atom stereocenters. The first kappa shape index (κ1) is 16.4. The number of hydrogen-bond acceptors (Lipinski definition) is 2. The van der Waals surface area contributed by atoms with Crippen molar-refractivity contribution in [3.8, 4) is 16.9 Å². The Morgan fingerprint density at radius 2 is 1.71 bits per heavy atom. The van der Waals surface area contributed by atoms with Crippen LogP contribution in [-0.4, -0.2) is 23.4 Å². The number of hydrogen-bond donors (Lipinski definition) is 1. The molecule has 2 aromatic rings. The number of carbonyl (C=O) groups is 1. The first-order valence-electron chi connectivity index (χ1n) is 6.84. The number of alkyl halides is 3. The van der Waals surface area contributed by atoms with Gasteiger partial charge >= 0.3 is 12.1 Å². The van der Waals surface area contributed by atoms with Crippen molar-refractivity contribution in [3.63, 3.8) is 0 Å². The Kier molecular flexibility index (Phi) is 4.01. The van der Waals surface area contributed by atoms with Gasteiger partial charge in [0.05, 0.1) is 5.57 Å². The van der Waals surface area contributed by atoms with Crippen molar-refractivity contribution in [1.82, 2.24) is 0 Å².